The van der Waals surface area contributed by atoms with Gasteiger partial charge in [-0.05, 0) is 72.2 Å². The average Bonchev–Trinajstić information content (AvgIpc) is 3.35. The van der Waals surface area contributed by atoms with Crippen molar-refractivity contribution >= 4 is 33.4 Å². The Morgan fingerprint density at radius 1 is 1.11 bits per heavy atom. The van der Waals surface area contributed by atoms with Crippen molar-refractivity contribution in [2.45, 2.75) is 81.4 Å². The minimum Gasteiger partial charge on any atom is -0.485 e. The third-order valence-corrected chi connectivity index (χ3v) is 10.9. The minimum absolute atomic E-state index is 0.0281. The molecular formula is C28H33F5N6O5S. The molecule has 0 radical (unpaired) electrons. The van der Waals surface area contributed by atoms with Gasteiger partial charge in [-0.3, -0.25) is 15.1 Å². The van der Waals surface area contributed by atoms with Crippen LogP contribution in [0.4, 0.5) is 32.6 Å². The summed E-state index contributed by atoms with van der Waals surface area (Å²) in [5.41, 5.74) is -2.92. The second-order valence-electron chi connectivity index (χ2n) is 12.2. The van der Waals surface area contributed by atoms with E-state index < -0.39 is 67.6 Å². The van der Waals surface area contributed by atoms with Crippen LogP contribution in [0.2, 0.25) is 0 Å². The van der Waals surface area contributed by atoms with E-state index in [1.165, 1.54) is 13.0 Å². The van der Waals surface area contributed by atoms with Crippen LogP contribution >= 0.6 is 0 Å². The Labute approximate surface area is 256 Å². The van der Waals surface area contributed by atoms with Crippen molar-refractivity contribution in [3.05, 3.63) is 47.7 Å². The van der Waals surface area contributed by atoms with Crippen LogP contribution < -0.4 is 15.4 Å². The second kappa shape index (κ2) is 11.8. The summed E-state index contributed by atoms with van der Waals surface area (Å²) in [6, 6.07) is 4.41. The molecule has 2 N–H and O–H groups in total. The number of amidine groups is 1. The van der Waals surface area contributed by atoms with Crippen LogP contribution in [0.5, 0.6) is 5.75 Å². The molecule has 2 aliphatic heterocycles. The normalized spacial score (nSPS) is 24.3. The van der Waals surface area contributed by atoms with Gasteiger partial charge in [-0.15, -0.1) is 0 Å². The number of nitrogens with one attached hydrogen (secondary N) is 2. The Morgan fingerprint density at radius 3 is 2.40 bits per heavy atom. The predicted octanol–water partition coefficient (Wildman–Crippen LogP) is 5.32. The minimum atomic E-state index is -4.37. The number of carbonyl (C=O) groups excluding carboxylic acids is 2. The number of alkyl carbamates (subject to hydrolysis) is 1. The highest BCUT2D eigenvalue weighted by molar-refractivity contribution is 7.96. The second-order valence-corrected chi connectivity index (χ2v) is 15.1. The smallest absolute Gasteiger partial charge is 0.413 e. The molecule has 2 aromatic rings. The van der Waals surface area contributed by atoms with Gasteiger partial charge < -0.3 is 14.8 Å². The van der Waals surface area contributed by atoms with Gasteiger partial charge in [-0.1, -0.05) is 0 Å². The molecule has 0 saturated heterocycles. The first-order valence-electron chi connectivity index (χ1n) is 13.7. The van der Waals surface area contributed by atoms with E-state index in [-0.39, 0.29) is 35.3 Å². The summed E-state index contributed by atoms with van der Waals surface area (Å²) in [5.74, 6) is -6.44. The number of carbonyl (C=O) groups is 2. The van der Waals surface area contributed by atoms with E-state index in [9.17, 15) is 31.4 Å². The number of halogens is 5. The molecule has 0 saturated carbocycles. The molecule has 4 rings (SSSR count). The van der Waals surface area contributed by atoms with Crippen LogP contribution in [0, 0.1) is 5.82 Å². The maximum absolute atomic E-state index is 15.5. The van der Waals surface area contributed by atoms with E-state index in [2.05, 4.69) is 29.7 Å². The summed E-state index contributed by atoms with van der Waals surface area (Å²) in [4.78, 5) is 38.4. The monoisotopic (exact) mass is 660 g/mol. The lowest BCUT2D eigenvalue weighted by atomic mass is 9.89. The molecule has 2 aliphatic rings. The van der Waals surface area contributed by atoms with Gasteiger partial charge in [0.1, 0.15) is 50.5 Å². The number of ether oxygens (including phenoxy) is 2. The highest BCUT2D eigenvalue weighted by Gasteiger charge is 2.58. The average molecular weight is 661 g/mol. The maximum Gasteiger partial charge on any atom is 0.413 e. The number of hydrogen-bond acceptors (Lipinski definition) is 9. The third kappa shape index (κ3) is 6.72. The van der Waals surface area contributed by atoms with Crippen LogP contribution in [0.25, 0.3) is 0 Å². The van der Waals surface area contributed by atoms with Gasteiger partial charge in [0.15, 0.2) is 6.61 Å². The Hall–Kier alpha value is -3.89. The number of anilines is 1. The highest BCUT2D eigenvalue weighted by atomic mass is 32.2. The van der Waals surface area contributed by atoms with E-state index in [1.807, 2.05) is 0 Å². The maximum atomic E-state index is 15.5. The molecule has 0 unspecified atom stereocenters. The van der Waals surface area contributed by atoms with Gasteiger partial charge in [0, 0.05) is 6.54 Å². The number of rotatable bonds is 7. The molecular weight excluding hydrogens is 627 g/mol. The standard InChI is InChI=1S/C28H33F5N6O5S/c1-25(2,3)44-24(41)38-23-26(4,5)45(42)18(11-12-35-45)27(6,39-23)20-16(29)8-10-19(36-20)37-21(40)17-9-7-15(13-34-17)43-14-28(32,33)22(30)31/h7-10,13,18,22H,11-12,14H2,1-6H3,(H,36,37,40)(H,38,39,41)/t18-,27-,45+/m0/s1. The van der Waals surface area contributed by atoms with E-state index >= 15 is 4.39 Å². The van der Waals surface area contributed by atoms with Gasteiger partial charge in [0.2, 0.25) is 0 Å². The number of pyridine rings is 2. The number of hydrogen-bond donors (Lipinski definition) is 2. The largest absolute Gasteiger partial charge is 0.485 e. The third-order valence-electron chi connectivity index (χ3n) is 7.24. The fraction of sp³-hybridized carbons (Fsp3) is 0.536. The van der Waals surface area contributed by atoms with E-state index in [0.717, 1.165) is 24.4 Å². The van der Waals surface area contributed by atoms with Crippen LogP contribution in [-0.4, -0.2) is 73.1 Å². The molecule has 4 heterocycles. The fourth-order valence-corrected chi connectivity index (χ4v) is 8.09. The number of aromatic nitrogens is 2. The highest BCUT2D eigenvalue weighted by Crippen LogP contribution is 2.47. The van der Waals surface area contributed by atoms with Crippen LogP contribution in [0.3, 0.4) is 0 Å². The molecule has 2 amide bonds. The summed E-state index contributed by atoms with van der Waals surface area (Å²) in [6.45, 7) is 8.41. The predicted molar refractivity (Wildman–Crippen MR) is 155 cm³/mol. The Kier molecular flexibility index (Phi) is 8.91. The number of alkyl halides is 4. The van der Waals surface area contributed by atoms with Crippen molar-refractivity contribution in [1.82, 2.24) is 15.3 Å². The summed E-state index contributed by atoms with van der Waals surface area (Å²) < 4.78 is 94.1. The van der Waals surface area contributed by atoms with Gasteiger partial charge in [-0.2, -0.15) is 8.78 Å². The summed E-state index contributed by atoms with van der Waals surface area (Å²) in [6.07, 6.45) is -3.57. The molecule has 2 aromatic heterocycles. The Bertz CT molecular complexity index is 1640. The van der Waals surface area contributed by atoms with Crippen molar-refractivity contribution in [2.75, 3.05) is 18.5 Å². The molecule has 0 aromatic carbocycles. The van der Waals surface area contributed by atoms with Crippen molar-refractivity contribution in [3.8, 4) is 5.75 Å². The summed E-state index contributed by atoms with van der Waals surface area (Å²) in [5, 5.41) is 4.23. The quantitative estimate of drug-likeness (QED) is 0.383. The molecule has 0 spiro atoms. The zero-order chi connectivity index (χ0) is 33.6. The Balaban J connectivity index is 1.63. The number of nitrogens with zero attached hydrogens (tertiary/aromatic N) is 4. The van der Waals surface area contributed by atoms with Crippen LogP contribution in [0.1, 0.15) is 64.1 Å². The number of aliphatic imine (C=N–C) groups is 1. The van der Waals surface area contributed by atoms with Crippen molar-refractivity contribution in [2.24, 2.45) is 9.36 Å². The lowest BCUT2D eigenvalue weighted by Gasteiger charge is -2.44. The van der Waals surface area contributed by atoms with E-state index in [0.29, 0.717) is 6.42 Å². The van der Waals surface area contributed by atoms with Crippen molar-refractivity contribution in [3.63, 3.8) is 0 Å². The molecule has 17 heteroatoms. The molecule has 0 bridgehead atoms. The van der Waals surface area contributed by atoms with Gasteiger partial charge >= 0.3 is 18.4 Å². The summed E-state index contributed by atoms with van der Waals surface area (Å²) in [7, 11) is -3.17. The topological polar surface area (TPSA) is 144 Å². The first-order valence-corrected chi connectivity index (χ1v) is 15.3. The SMILES string of the molecule is CC(C)(C)OC(=O)NC1=N[C@](C)(c2nc(NC(=O)c3ccc(OCC(F)(F)C(F)F)cn3)ccc2F)[C@@H]2CCN=[S@]2(=O)C1(C)C. The van der Waals surface area contributed by atoms with Gasteiger partial charge in [0.05, 0.1) is 21.2 Å². The molecule has 3 atom stereocenters. The molecule has 246 valence electrons. The molecule has 45 heavy (non-hydrogen) atoms. The van der Waals surface area contributed by atoms with Crippen molar-refractivity contribution in [1.29, 1.82) is 0 Å². The number of fused-ring (bicyclic) bond motifs is 1. The number of amides is 2. The van der Waals surface area contributed by atoms with Gasteiger partial charge in [-0.25, -0.2) is 36.5 Å². The first kappa shape index (κ1) is 34.0. The fourth-order valence-electron chi connectivity index (χ4n) is 4.92. The zero-order valence-electron chi connectivity index (χ0n) is 25.3. The van der Waals surface area contributed by atoms with E-state index in [4.69, 9.17) is 9.73 Å². The lowest BCUT2D eigenvalue weighted by molar-refractivity contribution is -0.148. The van der Waals surface area contributed by atoms with Crippen molar-refractivity contribution < 1.29 is 45.2 Å². The molecule has 0 aliphatic carbocycles. The summed E-state index contributed by atoms with van der Waals surface area (Å²) >= 11 is 0. The van der Waals surface area contributed by atoms with Gasteiger partial charge in [0.25, 0.3) is 5.91 Å². The zero-order valence-corrected chi connectivity index (χ0v) is 26.1. The lowest BCUT2D eigenvalue weighted by Crippen LogP contribution is -2.61. The van der Waals surface area contributed by atoms with E-state index in [1.54, 1.807) is 34.6 Å². The molecule has 0 fully saturated rings. The molecule has 11 nitrogen and oxygen atoms in total. The first-order chi connectivity index (χ1) is 20.7. The Morgan fingerprint density at radius 2 is 1.80 bits per heavy atom. The van der Waals surface area contributed by atoms with Crippen LogP contribution in [-0.2, 0) is 20.0 Å². The van der Waals surface area contributed by atoms with Crippen LogP contribution in [0.15, 0.2) is 39.8 Å².